The fourth-order valence-electron chi connectivity index (χ4n) is 2.30. The fraction of sp³-hybridized carbons (Fsp3) is 0.462. The molecule has 1 saturated heterocycles. The highest BCUT2D eigenvalue weighted by Crippen LogP contribution is 2.31. The Morgan fingerprint density at radius 1 is 1.59 bits per heavy atom. The number of phenols is 1. The Balaban J connectivity index is 2.23. The minimum absolute atomic E-state index is 0.0412. The lowest BCUT2D eigenvalue weighted by molar-refractivity contribution is 0.371. The zero-order chi connectivity index (χ0) is 12.3. The smallest absolute Gasteiger partial charge is 0.178 e. The zero-order valence-electron chi connectivity index (χ0n) is 9.86. The van der Waals surface area contributed by atoms with Crippen LogP contribution in [0.5, 0.6) is 11.5 Å². The van der Waals surface area contributed by atoms with Crippen LogP contribution < -0.4 is 10.1 Å². The molecule has 0 radical (unpaired) electrons. The first kappa shape index (κ1) is 11.7. The van der Waals surface area contributed by atoms with Gasteiger partial charge in [-0.05, 0) is 43.5 Å². The van der Waals surface area contributed by atoms with Gasteiger partial charge in [0.05, 0.1) is 12.7 Å². The molecule has 0 saturated carbocycles. The van der Waals surface area contributed by atoms with Crippen LogP contribution in [0.15, 0.2) is 12.1 Å². The van der Waals surface area contributed by atoms with Crippen molar-refractivity contribution in [2.24, 2.45) is 0 Å². The van der Waals surface area contributed by atoms with Crippen LogP contribution in [0.1, 0.15) is 24.0 Å². The molecule has 0 aliphatic carbocycles. The second-order valence-electron chi connectivity index (χ2n) is 4.30. The number of nitriles is 1. The summed E-state index contributed by atoms with van der Waals surface area (Å²) in [5, 5.41) is 22.2. The minimum Gasteiger partial charge on any atom is -0.504 e. The summed E-state index contributed by atoms with van der Waals surface area (Å²) in [4.78, 5) is 0. The number of rotatable bonds is 3. The van der Waals surface area contributed by atoms with E-state index in [4.69, 9.17) is 10.00 Å². The first-order valence-electron chi connectivity index (χ1n) is 5.78. The molecule has 1 aliphatic heterocycles. The van der Waals surface area contributed by atoms with E-state index in [0.717, 1.165) is 24.9 Å². The third-order valence-corrected chi connectivity index (χ3v) is 3.10. The van der Waals surface area contributed by atoms with Gasteiger partial charge < -0.3 is 15.2 Å². The van der Waals surface area contributed by atoms with Gasteiger partial charge in [-0.2, -0.15) is 5.26 Å². The summed E-state index contributed by atoms with van der Waals surface area (Å²) in [5.74, 6) is 0.301. The maximum Gasteiger partial charge on any atom is 0.178 e. The summed E-state index contributed by atoms with van der Waals surface area (Å²) in [5.41, 5.74) is 1.36. The summed E-state index contributed by atoms with van der Waals surface area (Å²) < 4.78 is 5.00. The molecule has 2 rings (SSSR count). The van der Waals surface area contributed by atoms with Crippen molar-refractivity contribution in [2.75, 3.05) is 13.7 Å². The van der Waals surface area contributed by atoms with Crippen molar-refractivity contribution in [3.63, 3.8) is 0 Å². The molecule has 0 amide bonds. The largest absolute Gasteiger partial charge is 0.504 e. The molecule has 1 atom stereocenters. The van der Waals surface area contributed by atoms with Crippen molar-refractivity contribution in [3.05, 3.63) is 23.3 Å². The summed E-state index contributed by atoms with van der Waals surface area (Å²) in [6.07, 6.45) is 3.18. The average Bonchev–Trinajstić information content (AvgIpc) is 2.81. The number of ether oxygens (including phenoxy) is 1. The Labute approximate surface area is 101 Å². The van der Waals surface area contributed by atoms with E-state index < -0.39 is 0 Å². The van der Waals surface area contributed by atoms with Crippen molar-refractivity contribution in [1.29, 1.82) is 5.26 Å². The van der Waals surface area contributed by atoms with Gasteiger partial charge in [-0.1, -0.05) is 0 Å². The maximum absolute atomic E-state index is 9.78. The fourth-order valence-corrected chi connectivity index (χ4v) is 2.30. The van der Waals surface area contributed by atoms with Gasteiger partial charge in [-0.15, -0.1) is 0 Å². The Morgan fingerprint density at radius 2 is 2.41 bits per heavy atom. The van der Waals surface area contributed by atoms with Gasteiger partial charge in [0.15, 0.2) is 11.5 Å². The number of phenolic OH excluding ortho intramolecular Hbond substituents is 1. The van der Waals surface area contributed by atoms with Crippen LogP contribution in [-0.4, -0.2) is 24.8 Å². The summed E-state index contributed by atoms with van der Waals surface area (Å²) in [6.45, 7) is 1.05. The molecule has 0 aromatic heterocycles. The normalized spacial score (nSPS) is 18.9. The Kier molecular flexibility index (Phi) is 3.50. The molecule has 1 aliphatic rings. The van der Waals surface area contributed by atoms with E-state index >= 15 is 0 Å². The molecule has 4 heteroatoms. The van der Waals surface area contributed by atoms with Crippen LogP contribution >= 0.6 is 0 Å². The van der Waals surface area contributed by atoms with Crippen molar-refractivity contribution >= 4 is 0 Å². The standard InChI is InChI=1S/C13H16N2O2/c1-17-13-10(8-14)5-9(7-12(13)16)6-11-3-2-4-15-11/h5,7,11,15-16H,2-4,6H2,1H3. The predicted molar refractivity (Wildman–Crippen MR) is 64.1 cm³/mol. The highest BCUT2D eigenvalue weighted by molar-refractivity contribution is 5.54. The van der Waals surface area contributed by atoms with E-state index in [-0.39, 0.29) is 11.5 Å². The topological polar surface area (TPSA) is 65.3 Å². The lowest BCUT2D eigenvalue weighted by atomic mass is 10.0. The second-order valence-corrected chi connectivity index (χ2v) is 4.30. The van der Waals surface area contributed by atoms with E-state index in [1.807, 2.05) is 6.07 Å². The second kappa shape index (κ2) is 5.07. The number of nitrogens with one attached hydrogen (secondary N) is 1. The van der Waals surface area contributed by atoms with Crippen LogP contribution in [0.25, 0.3) is 0 Å². The number of benzene rings is 1. The molecule has 90 valence electrons. The average molecular weight is 232 g/mol. The third kappa shape index (κ3) is 2.51. The van der Waals surface area contributed by atoms with E-state index in [1.54, 1.807) is 12.1 Å². The van der Waals surface area contributed by atoms with E-state index in [2.05, 4.69) is 5.32 Å². The number of nitrogens with zero attached hydrogens (tertiary/aromatic N) is 1. The molecule has 1 aromatic carbocycles. The highest BCUT2D eigenvalue weighted by atomic mass is 16.5. The van der Waals surface area contributed by atoms with Gasteiger partial charge in [0.1, 0.15) is 6.07 Å². The van der Waals surface area contributed by atoms with Crippen LogP contribution in [0.2, 0.25) is 0 Å². The monoisotopic (exact) mass is 232 g/mol. The Bertz CT molecular complexity index is 445. The quantitative estimate of drug-likeness (QED) is 0.830. The molecule has 17 heavy (non-hydrogen) atoms. The minimum atomic E-state index is 0.0412. The molecule has 0 spiro atoms. The lowest BCUT2D eigenvalue weighted by Crippen LogP contribution is -2.23. The summed E-state index contributed by atoms with van der Waals surface area (Å²) in [6, 6.07) is 5.97. The summed E-state index contributed by atoms with van der Waals surface area (Å²) >= 11 is 0. The third-order valence-electron chi connectivity index (χ3n) is 3.10. The molecular weight excluding hydrogens is 216 g/mol. The lowest BCUT2D eigenvalue weighted by Gasteiger charge is -2.12. The number of aromatic hydroxyl groups is 1. The van der Waals surface area contributed by atoms with Gasteiger partial charge >= 0.3 is 0 Å². The van der Waals surface area contributed by atoms with Crippen LogP contribution in [-0.2, 0) is 6.42 Å². The molecule has 0 bridgehead atoms. The van der Waals surface area contributed by atoms with Gasteiger partial charge in [0, 0.05) is 6.04 Å². The van der Waals surface area contributed by atoms with Gasteiger partial charge in [-0.25, -0.2) is 0 Å². The van der Waals surface area contributed by atoms with Gasteiger partial charge in [0.2, 0.25) is 0 Å². The van der Waals surface area contributed by atoms with Crippen LogP contribution in [0.4, 0.5) is 0 Å². The van der Waals surface area contributed by atoms with E-state index in [0.29, 0.717) is 11.6 Å². The van der Waals surface area contributed by atoms with Gasteiger partial charge in [-0.3, -0.25) is 0 Å². The first-order chi connectivity index (χ1) is 8.24. The number of hydrogen-bond acceptors (Lipinski definition) is 4. The Morgan fingerprint density at radius 3 is 3.00 bits per heavy atom. The SMILES string of the molecule is COc1c(O)cc(CC2CCCN2)cc1C#N. The van der Waals surface area contributed by atoms with E-state index in [9.17, 15) is 5.11 Å². The molecule has 4 nitrogen and oxygen atoms in total. The molecule has 1 heterocycles. The highest BCUT2D eigenvalue weighted by Gasteiger charge is 2.17. The summed E-state index contributed by atoms with van der Waals surface area (Å²) in [7, 11) is 1.45. The Hall–Kier alpha value is -1.73. The van der Waals surface area contributed by atoms with Crippen molar-refractivity contribution in [1.82, 2.24) is 5.32 Å². The molecular formula is C13H16N2O2. The van der Waals surface area contributed by atoms with Crippen molar-refractivity contribution in [2.45, 2.75) is 25.3 Å². The first-order valence-corrected chi connectivity index (χ1v) is 5.78. The van der Waals surface area contributed by atoms with Crippen molar-refractivity contribution < 1.29 is 9.84 Å². The zero-order valence-corrected chi connectivity index (χ0v) is 9.86. The number of methoxy groups -OCH3 is 1. The number of hydrogen-bond donors (Lipinski definition) is 2. The predicted octanol–water partition coefficient (Wildman–Crippen LogP) is 1.57. The van der Waals surface area contributed by atoms with Crippen LogP contribution in [0.3, 0.4) is 0 Å². The molecule has 1 aromatic rings. The van der Waals surface area contributed by atoms with E-state index in [1.165, 1.54) is 13.5 Å². The van der Waals surface area contributed by atoms with Crippen molar-refractivity contribution in [3.8, 4) is 17.6 Å². The van der Waals surface area contributed by atoms with Crippen LogP contribution in [0, 0.1) is 11.3 Å². The molecule has 1 fully saturated rings. The molecule has 1 unspecified atom stereocenters. The molecule has 2 N–H and O–H groups in total. The van der Waals surface area contributed by atoms with Gasteiger partial charge in [0.25, 0.3) is 0 Å². The maximum atomic E-state index is 9.78.